The number of rotatable bonds is 13. The van der Waals surface area contributed by atoms with E-state index in [0.29, 0.717) is 6.42 Å². The average molecular weight is 374 g/mol. The van der Waals surface area contributed by atoms with Crippen LogP contribution in [0.4, 0.5) is 0 Å². The summed E-state index contributed by atoms with van der Waals surface area (Å²) >= 11 is 1.72. The van der Waals surface area contributed by atoms with Gasteiger partial charge in [0, 0.05) is 18.7 Å². The van der Waals surface area contributed by atoms with Crippen LogP contribution in [0, 0.1) is 0 Å². The molecule has 0 saturated heterocycles. The van der Waals surface area contributed by atoms with Crippen LogP contribution in [-0.4, -0.2) is 28.2 Å². The van der Waals surface area contributed by atoms with Crippen molar-refractivity contribution >= 4 is 17.7 Å². The summed E-state index contributed by atoms with van der Waals surface area (Å²) in [6, 6.07) is 10.2. The molecular weight excluding hydrogens is 342 g/mol. The third-order valence-electron chi connectivity index (χ3n) is 4.28. The largest absolute Gasteiger partial charge is 0.356 e. The number of amides is 1. The number of aromatic amines is 1. The Morgan fingerprint density at radius 3 is 2.69 bits per heavy atom. The highest BCUT2D eigenvalue weighted by Gasteiger charge is 2.04. The van der Waals surface area contributed by atoms with E-state index in [2.05, 4.69) is 34.3 Å². The van der Waals surface area contributed by atoms with E-state index in [0.717, 1.165) is 48.0 Å². The quantitative estimate of drug-likeness (QED) is 0.364. The minimum atomic E-state index is 0.190. The molecule has 4 nitrogen and oxygen atoms in total. The number of aromatic nitrogens is 2. The maximum absolute atomic E-state index is 11.8. The Bertz CT molecular complexity index is 627. The van der Waals surface area contributed by atoms with Gasteiger partial charge in [0.05, 0.1) is 11.9 Å². The molecule has 2 N–H and O–H groups in total. The van der Waals surface area contributed by atoms with E-state index in [1.807, 2.05) is 24.4 Å². The predicted molar refractivity (Wildman–Crippen MR) is 110 cm³/mol. The third-order valence-corrected chi connectivity index (χ3v) is 5.25. The summed E-state index contributed by atoms with van der Waals surface area (Å²) in [6.07, 6.45) is 10.6. The van der Waals surface area contributed by atoms with E-state index in [1.165, 1.54) is 25.7 Å². The van der Waals surface area contributed by atoms with Crippen molar-refractivity contribution in [3.05, 3.63) is 36.5 Å². The maximum Gasteiger partial charge on any atom is 0.219 e. The van der Waals surface area contributed by atoms with E-state index >= 15 is 0 Å². The zero-order valence-electron chi connectivity index (χ0n) is 15.8. The van der Waals surface area contributed by atoms with Gasteiger partial charge in [0.1, 0.15) is 0 Å². The summed E-state index contributed by atoms with van der Waals surface area (Å²) in [6.45, 7) is 3.04. The summed E-state index contributed by atoms with van der Waals surface area (Å²) in [5, 5.41) is 3.97. The van der Waals surface area contributed by atoms with Gasteiger partial charge in [-0.3, -0.25) is 4.79 Å². The highest BCUT2D eigenvalue weighted by molar-refractivity contribution is 7.99. The van der Waals surface area contributed by atoms with E-state index < -0.39 is 0 Å². The first-order valence-electron chi connectivity index (χ1n) is 9.79. The molecular formula is C21H31N3OS. The average Bonchev–Trinajstić information content (AvgIpc) is 3.14. The van der Waals surface area contributed by atoms with Crippen molar-refractivity contribution in [3.8, 4) is 11.3 Å². The number of hydrogen-bond donors (Lipinski definition) is 2. The van der Waals surface area contributed by atoms with Gasteiger partial charge in [0.15, 0.2) is 5.16 Å². The van der Waals surface area contributed by atoms with Gasteiger partial charge in [-0.2, -0.15) is 0 Å². The molecule has 0 aliphatic heterocycles. The Hall–Kier alpha value is -1.75. The van der Waals surface area contributed by atoms with Crippen LogP contribution in [0.15, 0.2) is 41.7 Å². The van der Waals surface area contributed by atoms with Gasteiger partial charge in [0.25, 0.3) is 0 Å². The number of thioether (sulfide) groups is 1. The van der Waals surface area contributed by atoms with Crippen LogP contribution in [0.5, 0.6) is 0 Å². The molecule has 0 saturated carbocycles. The van der Waals surface area contributed by atoms with Gasteiger partial charge in [-0.05, 0) is 24.8 Å². The van der Waals surface area contributed by atoms with Crippen LogP contribution in [0.2, 0.25) is 0 Å². The first-order valence-corrected chi connectivity index (χ1v) is 10.8. The summed E-state index contributed by atoms with van der Waals surface area (Å²) in [5.74, 6) is 1.17. The molecule has 5 heteroatoms. The number of nitrogens with one attached hydrogen (secondary N) is 2. The van der Waals surface area contributed by atoms with Gasteiger partial charge >= 0.3 is 0 Å². The lowest BCUT2D eigenvalue weighted by molar-refractivity contribution is -0.121. The Balaban J connectivity index is 1.51. The smallest absolute Gasteiger partial charge is 0.219 e. The molecule has 0 unspecified atom stereocenters. The SMILES string of the molecule is CCCCCCCNC(=O)CCCCSc1ncc(-c2ccccc2)[nH]1. The fraction of sp³-hybridized carbons (Fsp3) is 0.524. The molecule has 1 amide bonds. The summed E-state index contributed by atoms with van der Waals surface area (Å²) in [5.41, 5.74) is 2.20. The Kier molecular flexibility index (Phi) is 9.95. The van der Waals surface area contributed by atoms with Crippen molar-refractivity contribution in [2.75, 3.05) is 12.3 Å². The highest BCUT2D eigenvalue weighted by Crippen LogP contribution is 2.21. The van der Waals surface area contributed by atoms with Crippen LogP contribution in [0.25, 0.3) is 11.3 Å². The van der Waals surface area contributed by atoms with Crippen LogP contribution in [0.3, 0.4) is 0 Å². The normalized spacial score (nSPS) is 10.8. The molecule has 0 spiro atoms. The number of imidazole rings is 1. The van der Waals surface area contributed by atoms with Gasteiger partial charge in [-0.15, -0.1) is 0 Å². The lowest BCUT2D eigenvalue weighted by atomic mass is 10.1. The molecule has 142 valence electrons. The van der Waals surface area contributed by atoms with Crippen molar-refractivity contribution < 1.29 is 4.79 Å². The molecule has 26 heavy (non-hydrogen) atoms. The highest BCUT2D eigenvalue weighted by atomic mass is 32.2. The Labute approximate surface area is 161 Å². The van der Waals surface area contributed by atoms with Crippen LogP contribution >= 0.6 is 11.8 Å². The van der Waals surface area contributed by atoms with Crippen LogP contribution in [-0.2, 0) is 4.79 Å². The predicted octanol–water partition coefficient (Wildman–Crippen LogP) is 5.43. The topological polar surface area (TPSA) is 57.8 Å². The Morgan fingerprint density at radius 2 is 1.88 bits per heavy atom. The summed E-state index contributed by atoms with van der Waals surface area (Å²) < 4.78 is 0. The molecule has 0 atom stereocenters. The lowest BCUT2D eigenvalue weighted by Crippen LogP contribution is -2.24. The molecule has 0 bridgehead atoms. The van der Waals surface area contributed by atoms with Crippen molar-refractivity contribution in [2.45, 2.75) is 63.4 Å². The maximum atomic E-state index is 11.8. The second-order valence-electron chi connectivity index (χ2n) is 6.54. The van der Waals surface area contributed by atoms with Crippen molar-refractivity contribution in [1.82, 2.24) is 15.3 Å². The number of carbonyl (C=O) groups is 1. The second-order valence-corrected chi connectivity index (χ2v) is 7.62. The standard InChI is InChI=1S/C21H31N3OS/c1-2-3-4-5-10-15-22-20(25)14-9-11-16-26-21-23-17-19(24-21)18-12-7-6-8-13-18/h6-8,12-13,17H,2-5,9-11,14-16H2,1H3,(H,22,25)(H,23,24). The first-order chi connectivity index (χ1) is 12.8. The van der Waals surface area contributed by atoms with Gasteiger partial charge in [-0.25, -0.2) is 4.98 Å². The van der Waals surface area contributed by atoms with Crippen LogP contribution in [0.1, 0.15) is 58.3 Å². The molecule has 1 aromatic heterocycles. The first kappa shape index (κ1) is 20.6. The minimum Gasteiger partial charge on any atom is -0.356 e. The second kappa shape index (κ2) is 12.6. The molecule has 1 heterocycles. The number of unbranched alkanes of at least 4 members (excludes halogenated alkanes) is 5. The fourth-order valence-electron chi connectivity index (χ4n) is 2.74. The zero-order chi connectivity index (χ0) is 18.5. The molecule has 0 fully saturated rings. The van der Waals surface area contributed by atoms with E-state index in [4.69, 9.17) is 0 Å². The van der Waals surface area contributed by atoms with Crippen LogP contribution < -0.4 is 5.32 Å². The molecule has 0 aliphatic carbocycles. The number of H-pyrrole nitrogens is 1. The lowest BCUT2D eigenvalue weighted by Gasteiger charge is -2.05. The monoisotopic (exact) mass is 373 g/mol. The molecule has 0 aliphatic rings. The number of hydrogen-bond acceptors (Lipinski definition) is 3. The van der Waals surface area contributed by atoms with Gasteiger partial charge in [0.2, 0.25) is 5.91 Å². The van der Waals surface area contributed by atoms with Crippen molar-refractivity contribution in [1.29, 1.82) is 0 Å². The van der Waals surface area contributed by atoms with E-state index in [9.17, 15) is 4.79 Å². The van der Waals surface area contributed by atoms with E-state index in [1.54, 1.807) is 11.8 Å². The molecule has 2 rings (SSSR count). The van der Waals surface area contributed by atoms with Crippen molar-refractivity contribution in [3.63, 3.8) is 0 Å². The summed E-state index contributed by atoms with van der Waals surface area (Å²) in [7, 11) is 0. The molecule has 0 radical (unpaired) electrons. The minimum absolute atomic E-state index is 0.190. The zero-order valence-corrected chi connectivity index (χ0v) is 16.6. The van der Waals surface area contributed by atoms with Gasteiger partial charge in [-0.1, -0.05) is 74.7 Å². The number of carbonyl (C=O) groups excluding carboxylic acids is 1. The third kappa shape index (κ3) is 8.09. The fourth-order valence-corrected chi connectivity index (χ4v) is 3.59. The molecule has 2 aromatic rings. The van der Waals surface area contributed by atoms with E-state index in [-0.39, 0.29) is 5.91 Å². The number of nitrogens with zero attached hydrogens (tertiary/aromatic N) is 1. The summed E-state index contributed by atoms with van der Waals surface area (Å²) in [4.78, 5) is 19.6. The number of benzene rings is 1. The Morgan fingerprint density at radius 1 is 1.08 bits per heavy atom. The van der Waals surface area contributed by atoms with Crippen molar-refractivity contribution in [2.24, 2.45) is 0 Å². The van der Waals surface area contributed by atoms with Gasteiger partial charge < -0.3 is 10.3 Å². The molecule has 1 aromatic carbocycles.